The highest BCUT2D eigenvalue weighted by Crippen LogP contribution is 2.65. The molecule has 6 atom stereocenters. The third-order valence-electron chi connectivity index (χ3n) is 7.84. The van der Waals surface area contributed by atoms with E-state index in [1.165, 1.54) is 21.2 Å². The summed E-state index contributed by atoms with van der Waals surface area (Å²) in [6, 6.07) is 3.24. The zero-order valence-corrected chi connectivity index (χ0v) is 22.1. The van der Waals surface area contributed by atoms with Gasteiger partial charge in [0.1, 0.15) is 0 Å². The van der Waals surface area contributed by atoms with Gasteiger partial charge in [-0.3, -0.25) is 29.0 Å². The van der Waals surface area contributed by atoms with Crippen LogP contribution in [0.25, 0.3) is 0 Å². The Hall–Kier alpha value is -1.85. The van der Waals surface area contributed by atoms with Crippen LogP contribution in [0.5, 0.6) is 11.5 Å². The third-order valence-corrected chi connectivity index (χ3v) is 10.1. The molecule has 0 spiro atoms. The summed E-state index contributed by atoms with van der Waals surface area (Å²) in [5.41, 5.74) is 1.22. The van der Waals surface area contributed by atoms with E-state index >= 15 is 0 Å². The molecule has 1 aromatic carbocycles. The van der Waals surface area contributed by atoms with Gasteiger partial charge in [-0.05, 0) is 59.0 Å². The lowest BCUT2D eigenvalue weighted by molar-refractivity contribution is -0.140. The first-order chi connectivity index (χ1) is 15.9. The number of carbonyl (C=O) groups is 4. The van der Waals surface area contributed by atoms with Gasteiger partial charge in [-0.25, -0.2) is 0 Å². The van der Waals surface area contributed by atoms with Gasteiger partial charge in [0, 0.05) is 20.0 Å². The van der Waals surface area contributed by atoms with Crippen molar-refractivity contribution in [2.24, 2.45) is 17.8 Å². The summed E-state index contributed by atoms with van der Waals surface area (Å²) in [4.78, 5) is 51.0. The van der Waals surface area contributed by atoms with Gasteiger partial charge in [0.2, 0.25) is 11.8 Å². The Labute approximate surface area is 219 Å². The minimum atomic E-state index is -1.86. The summed E-state index contributed by atoms with van der Waals surface area (Å²) in [5.74, 6) is -4.43. The summed E-state index contributed by atoms with van der Waals surface area (Å²) in [7, 11) is 4.20. The van der Waals surface area contributed by atoms with Crippen LogP contribution in [0.4, 0.5) is 0 Å². The van der Waals surface area contributed by atoms with Crippen LogP contribution in [0, 0.1) is 21.3 Å². The van der Waals surface area contributed by atoms with E-state index in [1.54, 1.807) is 12.1 Å². The van der Waals surface area contributed by atoms with Crippen molar-refractivity contribution in [1.29, 1.82) is 0 Å². The molecule has 1 saturated carbocycles. The fourth-order valence-corrected chi connectivity index (χ4v) is 7.84. The smallest absolute Gasteiger partial charge is 0.253 e. The Morgan fingerprint density at radius 3 is 2.38 bits per heavy atom. The summed E-state index contributed by atoms with van der Waals surface area (Å²) in [6.45, 7) is 0. The number of halogens is 3. The average molecular weight is 619 g/mol. The number of phenols is 1. The lowest BCUT2D eigenvalue weighted by Gasteiger charge is -2.50. The van der Waals surface area contributed by atoms with E-state index in [9.17, 15) is 24.3 Å². The molecule has 2 saturated heterocycles. The van der Waals surface area contributed by atoms with Crippen LogP contribution in [0.1, 0.15) is 24.3 Å². The van der Waals surface area contributed by atoms with E-state index in [0.29, 0.717) is 21.1 Å². The largest absolute Gasteiger partial charge is 0.504 e. The van der Waals surface area contributed by atoms with Crippen molar-refractivity contribution in [3.8, 4) is 11.5 Å². The summed E-state index contributed by atoms with van der Waals surface area (Å²) in [6.07, 6.45) is 2.13. The number of nitrogens with zero attached hydrogens (tertiary/aromatic N) is 2. The standard InChI is InChI=1S/C23H21Cl2IN2O6/c1-27-18(30)11-5-4-10-12(15(11)19(27)31)8-22(24)20(32)28(2)21(33)23(22,25)16(10)9-6-13(26)17(29)14(7-9)34-3/h4,6-7,11-12,15-16,29H,5,8H2,1-3H3/t11-,12+,15-,16-,22+,23-/m0/s1. The number of phenolic OH excluding ortho intramolecular Hbond substituents is 1. The van der Waals surface area contributed by atoms with Gasteiger partial charge < -0.3 is 9.84 Å². The Balaban J connectivity index is 1.78. The van der Waals surface area contributed by atoms with Gasteiger partial charge in [-0.2, -0.15) is 0 Å². The minimum absolute atomic E-state index is 0.0460. The predicted octanol–water partition coefficient (Wildman–Crippen LogP) is 2.62. The zero-order valence-electron chi connectivity index (χ0n) is 18.5. The maximum Gasteiger partial charge on any atom is 0.253 e. The molecule has 4 amide bonds. The molecule has 2 aliphatic carbocycles. The first kappa shape index (κ1) is 23.9. The van der Waals surface area contributed by atoms with Crippen molar-refractivity contribution in [3.63, 3.8) is 0 Å². The highest BCUT2D eigenvalue weighted by Gasteiger charge is 2.75. The van der Waals surface area contributed by atoms with E-state index in [0.717, 1.165) is 9.80 Å². The molecule has 2 heterocycles. The fraction of sp³-hybridized carbons (Fsp3) is 0.478. The van der Waals surface area contributed by atoms with Crippen molar-refractivity contribution in [1.82, 2.24) is 9.80 Å². The van der Waals surface area contributed by atoms with Crippen LogP contribution in [-0.4, -0.2) is 69.5 Å². The number of carbonyl (C=O) groups excluding carboxylic acids is 4. The quantitative estimate of drug-likeness (QED) is 0.237. The summed E-state index contributed by atoms with van der Waals surface area (Å²) < 4.78 is 5.79. The number of hydrogen-bond donors (Lipinski definition) is 1. The van der Waals surface area contributed by atoms with Crippen LogP contribution in [0.3, 0.4) is 0 Å². The number of fused-ring (bicyclic) bond motifs is 4. The maximum absolute atomic E-state index is 13.5. The highest BCUT2D eigenvalue weighted by atomic mass is 127. The first-order valence-corrected chi connectivity index (χ1v) is 12.5. The molecule has 0 unspecified atom stereocenters. The van der Waals surface area contributed by atoms with E-state index in [1.807, 2.05) is 28.7 Å². The van der Waals surface area contributed by atoms with E-state index < -0.39 is 45.2 Å². The summed E-state index contributed by atoms with van der Waals surface area (Å²) in [5, 5.41) is 10.4. The molecule has 8 nitrogen and oxygen atoms in total. The van der Waals surface area contributed by atoms with Crippen LogP contribution in [0.2, 0.25) is 0 Å². The molecule has 0 bridgehead atoms. The second-order valence-electron chi connectivity index (χ2n) is 9.29. The van der Waals surface area contributed by atoms with E-state index in [4.69, 9.17) is 27.9 Å². The molecule has 0 radical (unpaired) electrons. The molecule has 5 rings (SSSR count). The topological polar surface area (TPSA) is 104 Å². The lowest BCUT2D eigenvalue weighted by atomic mass is 9.56. The Bertz CT molecular complexity index is 1220. The van der Waals surface area contributed by atoms with Crippen molar-refractivity contribution >= 4 is 69.4 Å². The molecule has 4 aliphatic rings. The molecular formula is C23H21Cl2IN2O6. The van der Waals surface area contributed by atoms with Gasteiger partial charge in [0.15, 0.2) is 21.2 Å². The SMILES string of the molecule is COc1cc([C@H]2C3=CC[C@@H]4C(=O)N(C)C(=O)[C@@H]4[C@@H]3C[C@@]3(Cl)C(=O)N(C)C(=O)[C@@]23Cl)cc(I)c1O. The van der Waals surface area contributed by atoms with Crippen LogP contribution in [-0.2, 0) is 19.2 Å². The van der Waals surface area contributed by atoms with E-state index in [-0.39, 0.29) is 29.7 Å². The average Bonchev–Trinajstić information content (AvgIpc) is 3.10. The molecule has 180 valence electrons. The number of methoxy groups -OCH3 is 1. The molecule has 0 aromatic heterocycles. The number of alkyl halides is 2. The van der Waals surface area contributed by atoms with Gasteiger partial charge in [-0.15, -0.1) is 23.2 Å². The number of aromatic hydroxyl groups is 1. The number of likely N-dealkylation sites (tertiary alicyclic amines) is 2. The molecule has 34 heavy (non-hydrogen) atoms. The lowest BCUT2D eigenvalue weighted by Crippen LogP contribution is -2.60. The van der Waals surface area contributed by atoms with Crippen molar-refractivity contribution < 1.29 is 29.0 Å². The first-order valence-electron chi connectivity index (χ1n) is 10.7. The number of benzene rings is 1. The minimum Gasteiger partial charge on any atom is -0.504 e. The van der Waals surface area contributed by atoms with Crippen molar-refractivity contribution in [2.75, 3.05) is 21.2 Å². The third kappa shape index (κ3) is 2.71. The van der Waals surface area contributed by atoms with Gasteiger partial charge >= 0.3 is 0 Å². The van der Waals surface area contributed by atoms with Crippen molar-refractivity contribution in [3.05, 3.63) is 32.9 Å². The number of ether oxygens (including phenoxy) is 1. The number of amides is 4. The van der Waals surface area contributed by atoms with Crippen LogP contribution >= 0.6 is 45.8 Å². The normalized spacial score (nSPS) is 36.9. The Morgan fingerprint density at radius 2 is 1.74 bits per heavy atom. The second-order valence-corrected chi connectivity index (χ2v) is 11.7. The number of rotatable bonds is 2. The van der Waals surface area contributed by atoms with Gasteiger partial charge in [0.05, 0.1) is 22.5 Å². The number of allylic oxidation sites excluding steroid dienone is 2. The van der Waals surface area contributed by atoms with Gasteiger partial charge in [0.25, 0.3) is 11.8 Å². The number of imide groups is 2. The molecule has 1 N–H and O–H groups in total. The molecule has 1 aromatic rings. The van der Waals surface area contributed by atoms with Crippen LogP contribution in [0.15, 0.2) is 23.8 Å². The fourth-order valence-electron chi connectivity index (χ4n) is 6.19. The second kappa shape index (κ2) is 7.57. The Kier molecular flexibility index (Phi) is 5.32. The molecular weight excluding hydrogens is 598 g/mol. The molecule has 3 fully saturated rings. The molecule has 2 aliphatic heterocycles. The van der Waals surface area contributed by atoms with E-state index in [2.05, 4.69) is 0 Å². The van der Waals surface area contributed by atoms with Crippen molar-refractivity contribution in [2.45, 2.75) is 28.5 Å². The monoisotopic (exact) mass is 618 g/mol. The Morgan fingerprint density at radius 1 is 1.06 bits per heavy atom. The zero-order chi connectivity index (χ0) is 24.9. The number of hydrogen-bond acceptors (Lipinski definition) is 6. The highest BCUT2D eigenvalue weighted by molar-refractivity contribution is 14.1. The predicted molar refractivity (Wildman–Crippen MR) is 131 cm³/mol. The van der Waals surface area contributed by atoms with Crippen LogP contribution < -0.4 is 4.74 Å². The van der Waals surface area contributed by atoms with Gasteiger partial charge in [-0.1, -0.05) is 11.6 Å². The molecule has 11 heteroatoms. The maximum atomic E-state index is 13.5. The summed E-state index contributed by atoms with van der Waals surface area (Å²) >= 11 is 16.1.